The van der Waals surface area contributed by atoms with Crippen molar-refractivity contribution in [3.63, 3.8) is 0 Å². The Morgan fingerprint density at radius 1 is 1.41 bits per heavy atom. The van der Waals surface area contributed by atoms with Gasteiger partial charge in [0, 0.05) is 32.5 Å². The summed E-state index contributed by atoms with van der Waals surface area (Å²) in [5, 5.41) is 8.21. The number of carbonyl (C=O) groups is 2. The number of hydrogen-bond acceptors (Lipinski definition) is 4. The quantitative estimate of drug-likeness (QED) is 0.699. The molecule has 94 valence electrons. The lowest BCUT2D eigenvalue weighted by atomic mass is 10.1. The summed E-state index contributed by atoms with van der Waals surface area (Å²) in [6.07, 6.45) is 1.79. The van der Waals surface area contributed by atoms with Gasteiger partial charge in [0.15, 0.2) is 0 Å². The summed E-state index contributed by atoms with van der Waals surface area (Å²) < 4.78 is 0. The Morgan fingerprint density at radius 2 is 2.18 bits per heavy atom. The van der Waals surface area contributed by atoms with Crippen molar-refractivity contribution in [3.8, 4) is 0 Å². The molecule has 2 aliphatic rings. The van der Waals surface area contributed by atoms with Crippen molar-refractivity contribution in [2.45, 2.75) is 25.3 Å². The van der Waals surface area contributed by atoms with E-state index in [-0.39, 0.29) is 17.9 Å². The summed E-state index contributed by atoms with van der Waals surface area (Å²) in [4.78, 5) is 25.3. The van der Waals surface area contributed by atoms with Crippen molar-refractivity contribution in [1.82, 2.24) is 15.2 Å². The van der Waals surface area contributed by atoms with Crippen molar-refractivity contribution in [1.29, 1.82) is 0 Å². The summed E-state index contributed by atoms with van der Waals surface area (Å²) in [6, 6.07) is 0.207. The number of hydrazone groups is 1. The lowest BCUT2D eigenvalue weighted by Gasteiger charge is -2.20. The van der Waals surface area contributed by atoms with E-state index in [1.54, 1.807) is 7.05 Å². The minimum atomic E-state index is -0.135. The molecule has 2 rings (SSSR count). The highest BCUT2D eigenvalue weighted by molar-refractivity contribution is 6.39. The van der Waals surface area contributed by atoms with Crippen LogP contribution >= 0.6 is 0 Å². The molecule has 0 aromatic carbocycles. The number of nitrogens with one attached hydrogen (secondary N) is 1. The molecule has 2 aliphatic heterocycles. The normalized spacial score (nSPS) is 26.0. The molecule has 6 heteroatoms. The van der Waals surface area contributed by atoms with Gasteiger partial charge in [0.1, 0.15) is 5.71 Å². The molecule has 2 heterocycles. The lowest BCUT2D eigenvalue weighted by Crippen LogP contribution is -2.43. The van der Waals surface area contributed by atoms with Crippen molar-refractivity contribution >= 4 is 17.5 Å². The van der Waals surface area contributed by atoms with Gasteiger partial charge in [-0.1, -0.05) is 0 Å². The van der Waals surface area contributed by atoms with E-state index in [9.17, 15) is 9.59 Å². The molecule has 17 heavy (non-hydrogen) atoms. The second kappa shape index (κ2) is 4.83. The van der Waals surface area contributed by atoms with Crippen LogP contribution < -0.4 is 5.32 Å². The topological polar surface area (TPSA) is 65.0 Å². The van der Waals surface area contributed by atoms with E-state index in [2.05, 4.69) is 15.3 Å². The number of rotatable bonds is 2. The Balaban J connectivity index is 1.92. The van der Waals surface area contributed by atoms with Crippen LogP contribution in [0.3, 0.4) is 0 Å². The molecule has 0 aromatic heterocycles. The zero-order valence-corrected chi connectivity index (χ0v) is 10.3. The van der Waals surface area contributed by atoms with Crippen LogP contribution in [0.15, 0.2) is 5.10 Å². The van der Waals surface area contributed by atoms with E-state index in [0.29, 0.717) is 18.6 Å². The van der Waals surface area contributed by atoms with E-state index >= 15 is 0 Å². The molecular formula is C11H18N4O2. The zero-order valence-electron chi connectivity index (χ0n) is 10.3. The standard InChI is InChI=1S/C11H18N4O2/c1-14-6-5-8(7-14)12-11(17)9-3-4-10(16)15(2)13-9/h8H,3-7H2,1-2H3,(H,12,17)/t8-/m1/s1. The third kappa shape index (κ3) is 2.82. The fourth-order valence-corrected chi connectivity index (χ4v) is 2.15. The Morgan fingerprint density at radius 3 is 2.76 bits per heavy atom. The molecular weight excluding hydrogens is 220 g/mol. The summed E-state index contributed by atoms with van der Waals surface area (Å²) >= 11 is 0. The van der Waals surface area contributed by atoms with Crippen LogP contribution in [-0.4, -0.2) is 60.7 Å². The van der Waals surface area contributed by atoms with Crippen LogP contribution in [0.4, 0.5) is 0 Å². The summed E-state index contributed by atoms with van der Waals surface area (Å²) in [5.74, 6) is -0.174. The van der Waals surface area contributed by atoms with E-state index < -0.39 is 0 Å². The summed E-state index contributed by atoms with van der Waals surface area (Å²) in [5.41, 5.74) is 0.460. The number of likely N-dealkylation sites (N-methyl/N-ethyl adjacent to an activating group) is 1. The zero-order chi connectivity index (χ0) is 12.4. The summed E-state index contributed by atoms with van der Waals surface area (Å²) in [6.45, 7) is 1.89. The first-order valence-electron chi connectivity index (χ1n) is 5.89. The Bertz CT molecular complexity index is 366. The minimum Gasteiger partial charge on any atom is -0.347 e. The largest absolute Gasteiger partial charge is 0.347 e. The maximum atomic E-state index is 11.9. The maximum absolute atomic E-state index is 11.9. The monoisotopic (exact) mass is 238 g/mol. The molecule has 0 aromatic rings. The minimum absolute atomic E-state index is 0.0397. The smallest absolute Gasteiger partial charge is 0.267 e. The van der Waals surface area contributed by atoms with Crippen LogP contribution in [-0.2, 0) is 9.59 Å². The van der Waals surface area contributed by atoms with Gasteiger partial charge in [-0.3, -0.25) is 9.59 Å². The molecule has 0 unspecified atom stereocenters. The highest BCUT2D eigenvalue weighted by atomic mass is 16.2. The lowest BCUT2D eigenvalue weighted by molar-refractivity contribution is -0.130. The van der Waals surface area contributed by atoms with Crippen molar-refractivity contribution < 1.29 is 9.59 Å². The van der Waals surface area contributed by atoms with Gasteiger partial charge in [0.2, 0.25) is 5.91 Å². The predicted octanol–water partition coefficient (Wildman–Crippen LogP) is -0.585. The number of hydrogen-bond donors (Lipinski definition) is 1. The molecule has 0 bridgehead atoms. The first kappa shape index (κ1) is 12.0. The van der Waals surface area contributed by atoms with Gasteiger partial charge in [0.05, 0.1) is 0 Å². The fourth-order valence-electron chi connectivity index (χ4n) is 2.15. The molecule has 1 N–H and O–H groups in total. The first-order valence-corrected chi connectivity index (χ1v) is 5.89. The molecule has 6 nitrogen and oxygen atoms in total. The van der Waals surface area contributed by atoms with Gasteiger partial charge >= 0.3 is 0 Å². The SMILES string of the molecule is CN1CC[C@@H](NC(=O)C2=NN(C)C(=O)CC2)C1. The molecule has 1 saturated heterocycles. The van der Waals surface area contributed by atoms with Gasteiger partial charge in [-0.2, -0.15) is 5.10 Å². The molecule has 1 fully saturated rings. The Kier molecular flexibility index (Phi) is 3.42. The highest BCUT2D eigenvalue weighted by Gasteiger charge is 2.26. The molecule has 0 saturated carbocycles. The van der Waals surface area contributed by atoms with Crippen molar-refractivity contribution in [2.75, 3.05) is 27.2 Å². The molecule has 0 aliphatic carbocycles. The average Bonchev–Trinajstić information content (AvgIpc) is 2.68. The van der Waals surface area contributed by atoms with Gasteiger partial charge in [-0.15, -0.1) is 0 Å². The van der Waals surface area contributed by atoms with Gasteiger partial charge in [-0.05, 0) is 20.0 Å². The summed E-state index contributed by atoms with van der Waals surface area (Å²) in [7, 11) is 3.62. The van der Waals surface area contributed by atoms with Gasteiger partial charge in [0.25, 0.3) is 5.91 Å². The Labute approximate surface area is 101 Å². The molecule has 0 radical (unpaired) electrons. The van der Waals surface area contributed by atoms with E-state index in [0.717, 1.165) is 19.5 Å². The fraction of sp³-hybridized carbons (Fsp3) is 0.727. The number of likely N-dealkylation sites (tertiary alicyclic amines) is 1. The second-order valence-corrected chi connectivity index (χ2v) is 4.69. The maximum Gasteiger partial charge on any atom is 0.267 e. The van der Waals surface area contributed by atoms with Gasteiger partial charge in [-0.25, -0.2) is 5.01 Å². The van der Waals surface area contributed by atoms with Crippen LogP contribution in [0.1, 0.15) is 19.3 Å². The van der Waals surface area contributed by atoms with Gasteiger partial charge < -0.3 is 10.2 Å². The highest BCUT2D eigenvalue weighted by Crippen LogP contribution is 2.09. The van der Waals surface area contributed by atoms with Crippen molar-refractivity contribution in [3.05, 3.63) is 0 Å². The first-order chi connectivity index (χ1) is 8.06. The second-order valence-electron chi connectivity index (χ2n) is 4.69. The van der Waals surface area contributed by atoms with Crippen LogP contribution in [0.25, 0.3) is 0 Å². The van der Waals surface area contributed by atoms with E-state index in [4.69, 9.17) is 0 Å². The molecule has 0 spiro atoms. The third-order valence-corrected chi connectivity index (χ3v) is 3.20. The number of carbonyl (C=O) groups excluding carboxylic acids is 2. The number of nitrogens with zero attached hydrogens (tertiary/aromatic N) is 3. The molecule has 2 amide bonds. The van der Waals surface area contributed by atoms with Crippen LogP contribution in [0, 0.1) is 0 Å². The Hall–Kier alpha value is -1.43. The predicted molar refractivity (Wildman–Crippen MR) is 63.5 cm³/mol. The molecule has 1 atom stereocenters. The number of amides is 2. The van der Waals surface area contributed by atoms with Crippen molar-refractivity contribution in [2.24, 2.45) is 5.10 Å². The van der Waals surface area contributed by atoms with Crippen LogP contribution in [0.2, 0.25) is 0 Å². The van der Waals surface area contributed by atoms with E-state index in [1.165, 1.54) is 5.01 Å². The average molecular weight is 238 g/mol. The van der Waals surface area contributed by atoms with E-state index in [1.807, 2.05) is 7.05 Å². The van der Waals surface area contributed by atoms with Crippen LogP contribution in [0.5, 0.6) is 0 Å². The third-order valence-electron chi connectivity index (χ3n) is 3.20.